The molecule has 4 rings (SSSR count). The third-order valence-electron chi connectivity index (χ3n) is 4.73. The van der Waals surface area contributed by atoms with E-state index in [0.29, 0.717) is 0 Å². The molecule has 0 saturated carbocycles. The minimum atomic E-state index is -3.84. The van der Waals surface area contributed by atoms with Crippen molar-refractivity contribution >= 4 is 26.7 Å². The molecule has 1 aliphatic rings. The predicted octanol–water partition coefficient (Wildman–Crippen LogP) is 0.690. The summed E-state index contributed by atoms with van der Waals surface area (Å²) >= 11 is 0. The molecule has 146 valence electrons. The molecule has 0 atom stereocenters. The molecule has 0 spiro atoms. The zero-order valence-corrected chi connectivity index (χ0v) is 15.8. The van der Waals surface area contributed by atoms with Gasteiger partial charge in [-0.2, -0.15) is 0 Å². The molecule has 0 amide bonds. The third-order valence-corrected chi connectivity index (χ3v) is 6.13. The lowest BCUT2D eigenvalue weighted by molar-refractivity contribution is 0.581. The Morgan fingerprint density at radius 3 is 2.57 bits per heavy atom. The van der Waals surface area contributed by atoms with E-state index in [1.807, 2.05) is 12.1 Å². The molecule has 2 aromatic heterocycles. The lowest BCUT2D eigenvalue weighted by Crippen LogP contribution is -2.25. The fraction of sp³-hybridized carbons (Fsp3) is 0.278. The zero-order chi connectivity index (χ0) is 19.7. The van der Waals surface area contributed by atoms with E-state index in [4.69, 9.17) is 0 Å². The molecule has 1 aromatic carbocycles. The highest BCUT2D eigenvalue weighted by Gasteiger charge is 2.16. The van der Waals surface area contributed by atoms with Crippen LogP contribution >= 0.6 is 0 Å². The Kier molecular flexibility index (Phi) is 4.73. The number of rotatable bonds is 5. The molecular formula is C18H19N5O4S. The fourth-order valence-corrected chi connectivity index (χ4v) is 4.27. The molecular weight excluding hydrogens is 382 g/mol. The number of sulfonamides is 1. The van der Waals surface area contributed by atoms with E-state index in [1.165, 1.54) is 18.2 Å². The second-order valence-electron chi connectivity index (χ2n) is 6.66. The van der Waals surface area contributed by atoms with Crippen LogP contribution in [0.1, 0.15) is 18.4 Å². The van der Waals surface area contributed by atoms with Crippen molar-refractivity contribution < 1.29 is 8.42 Å². The summed E-state index contributed by atoms with van der Waals surface area (Å²) in [6.45, 7) is 2.06. The summed E-state index contributed by atoms with van der Waals surface area (Å²) < 4.78 is 27.7. The van der Waals surface area contributed by atoms with E-state index in [-0.39, 0.29) is 22.3 Å². The minimum Gasteiger partial charge on any atom is -0.357 e. The van der Waals surface area contributed by atoms with Gasteiger partial charge in [-0.15, -0.1) is 0 Å². The molecule has 0 aliphatic carbocycles. The van der Waals surface area contributed by atoms with Crippen molar-refractivity contribution in [3.8, 4) is 0 Å². The van der Waals surface area contributed by atoms with Crippen molar-refractivity contribution in [3.63, 3.8) is 0 Å². The number of aromatic amines is 2. The van der Waals surface area contributed by atoms with Crippen LogP contribution in [0.25, 0.3) is 10.9 Å². The second-order valence-corrected chi connectivity index (χ2v) is 8.43. The largest absolute Gasteiger partial charge is 0.357 e. The van der Waals surface area contributed by atoms with Crippen LogP contribution in [0.4, 0.5) is 5.82 Å². The van der Waals surface area contributed by atoms with Crippen LogP contribution in [0.3, 0.4) is 0 Å². The second kappa shape index (κ2) is 7.21. The summed E-state index contributed by atoms with van der Waals surface area (Å²) in [6, 6.07) is 7.71. The Balaban J connectivity index is 1.52. The number of nitrogens with one attached hydrogen (secondary N) is 3. The van der Waals surface area contributed by atoms with Gasteiger partial charge < -0.3 is 9.88 Å². The molecule has 0 unspecified atom stereocenters. The number of hydrogen-bond donors (Lipinski definition) is 3. The number of H-pyrrole nitrogens is 2. The first-order valence-corrected chi connectivity index (χ1v) is 10.4. The van der Waals surface area contributed by atoms with E-state index in [2.05, 4.69) is 24.6 Å². The topological polar surface area (TPSA) is 128 Å². The highest BCUT2D eigenvalue weighted by molar-refractivity contribution is 7.89. The quantitative estimate of drug-likeness (QED) is 0.577. The molecule has 9 nitrogen and oxygen atoms in total. The van der Waals surface area contributed by atoms with Crippen LogP contribution in [0.2, 0.25) is 0 Å². The Bertz CT molecular complexity index is 1230. The number of anilines is 1. The van der Waals surface area contributed by atoms with Gasteiger partial charge in [-0.3, -0.25) is 9.78 Å². The van der Waals surface area contributed by atoms with Gasteiger partial charge in [0, 0.05) is 25.8 Å². The maximum absolute atomic E-state index is 12.6. The Labute approximate surface area is 160 Å². The SMILES string of the molecule is O=c1[nH]c(=O)c2cc(S(=O)(=O)NCc3ccc(N4CCCC4)nc3)ccc2[nH]1. The van der Waals surface area contributed by atoms with Crippen LogP contribution in [-0.2, 0) is 16.6 Å². The van der Waals surface area contributed by atoms with Gasteiger partial charge in [-0.25, -0.2) is 22.9 Å². The molecule has 1 saturated heterocycles. The van der Waals surface area contributed by atoms with Gasteiger partial charge in [0.2, 0.25) is 10.0 Å². The number of fused-ring (bicyclic) bond motifs is 1. The van der Waals surface area contributed by atoms with E-state index < -0.39 is 21.3 Å². The molecule has 28 heavy (non-hydrogen) atoms. The molecule has 0 bridgehead atoms. The van der Waals surface area contributed by atoms with Crippen LogP contribution < -0.4 is 20.9 Å². The number of benzene rings is 1. The van der Waals surface area contributed by atoms with Gasteiger partial charge in [-0.05, 0) is 42.7 Å². The van der Waals surface area contributed by atoms with Gasteiger partial charge in [0.25, 0.3) is 5.56 Å². The van der Waals surface area contributed by atoms with Crippen LogP contribution in [-0.4, -0.2) is 36.5 Å². The lowest BCUT2D eigenvalue weighted by atomic mass is 10.2. The number of nitrogens with zero attached hydrogens (tertiary/aromatic N) is 2. The monoisotopic (exact) mass is 401 g/mol. The fourth-order valence-electron chi connectivity index (χ4n) is 3.23. The third kappa shape index (κ3) is 3.69. The summed E-state index contributed by atoms with van der Waals surface area (Å²) in [5, 5.41) is 0.0964. The lowest BCUT2D eigenvalue weighted by Gasteiger charge is -2.16. The highest BCUT2D eigenvalue weighted by Crippen LogP contribution is 2.18. The summed E-state index contributed by atoms with van der Waals surface area (Å²) in [5.41, 5.74) is -0.280. The van der Waals surface area contributed by atoms with Crippen molar-refractivity contribution in [1.82, 2.24) is 19.7 Å². The summed E-state index contributed by atoms with van der Waals surface area (Å²) in [5.74, 6) is 0.895. The Morgan fingerprint density at radius 1 is 1.07 bits per heavy atom. The zero-order valence-electron chi connectivity index (χ0n) is 14.9. The number of hydrogen-bond acceptors (Lipinski definition) is 6. The van der Waals surface area contributed by atoms with E-state index in [0.717, 1.165) is 37.3 Å². The highest BCUT2D eigenvalue weighted by atomic mass is 32.2. The molecule has 1 fully saturated rings. The average Bonchev–Trinajstić information content (AvgIpc) is 3.21. The normalized spacial score (nSPS) is 14.6. The van der Waals surface area contributed by atoms with Gasteiger partial charge in [-0.1, -0.05) is 6.07 Å². The van der Waals surface area contributed by atoms with Gasteiger partial charge in [0.15, 0.2) is 0 Å². The number of pyridine rings is 1. The standard InChI is InChI=1S/C18H19N5O4S/c24-17-14-9-13(4-5-15(14)21-18(25)22-17)28(26,27)20-11-12-3-6-16(19-10-12)23-7-1-2-8-23/h3-6,9-10,20H,1-2,7-8,11H2,(H2,21,22,24,25). The maximum atomic E-state index is 12.6. The van der Waals surface area contributed by atoms with Crippen molar-refractivity contribution in [1.29, 1.82) is 0 Å². The molecule has 3 N–H and O–H groups in total. The van der Waals surface area contributed by atoms with Crippen molar-refractivity contribution in [2.75, 3.05) is 18.0 Å². The van der Waals surface area contributed by atoms with E-state index in [9.17, 15) is 18.0 Å². The van der Waals surface area contributed by atoms with Gasteiger partial charge >= 0.3 is 5.69 Å². The molecule has 3 aromatic rings. The first-order chi connectivity index (χ1) is 13.4. The predicted molar refractivity (Wildman–Crippen MR) is 105 cm³/mol. The Morgan fingerprint density at radius 2 is 1.86 bits per heavy atom. The molecule has 10 heteroatoms. The summed E-state index contributed by atoms with van der Waals surface area (Å²) in [6.07, 6.45) is 3.98. The van der Waals surface area contributed by atoms with Crippen LogP contribution in [0.15, 0.2) is 51.0 Å². The van der Waals surface area contributed by atoms with Crippen molar-refractivity contribution in [3.05, 3.63) is 62.9 Å². The first kappa shape index (κ1) is 18.4. The number of aromatic nitrogens is 3. The summed E-state index contributed by atoms with van der Waals surface area (Å²) in [7, 11) is -3.84. The molecule has 0 radical (unpaired) electrons. The van der Waals surface area contributed by atoms with Gasteiger partial charge in [0.1, 0.15) is 5.82 Å². The summed E-state index contributed by atoms with van der Waals surface area (Å²) in [4.78, 5) is 34.3. The van der Waals surface area contributed by atoms with Crippen LogP contribution in [0.5, 0.6) is 0 Å². The van der Waals surface area contributed by atoms with Crippen molar-refractivity contribution in [2.24, 2.45) is 0 Å². The Hall–Kier alpha value is -2.98. The smallest absolute Gasteiger partial charge is 0.326 e. The van der Waals surface area contributed by atoms with E-state index in [1.54, 1.807) is 6.20 Å². The molecule has 3 heterocycles. The van der Waals surface area contributed by atoms with Crippen LogP contribution in [0, 0.1) is 0 Å². The minimum absolute atomic E-state index is 0.0563. The molecule has 1 aliphatic heterocycles. The first-order valence-electron chi connectivity index (χ1n) is 8.88. The van der Waals surface area contributed by atoms with Crippen molar-refractivity contribution in [2.45, 2.75) is 24.3 Å². The maximum Gasteiger partial charge on any atom is 0.326 e. The van der Waals surface area contributed by atoms with E-state index >= 15 is 0 Å². The average molecular weight is 401 g/mol. The van der Waals surface area contributed by atoms with Gasteiger partial charge in [0.05, 0.1) is 15.8 Å².